The molecule has 7 nitrogen and oxygen atoms in total. The average Bonchev–Trinajstić information content (AvgIpc) is 3.36. The fraction of sp³-hybridized carbons (Fsp3) is 0.217. The highest BCUT2D eigenvalue weighted by atomic mass is 32.1. The highest BCUT2D eigenvalue weighted by molar-refractivity contribution is 7.12. The minimum absolute atomic E-state index is 0.156. The van der Waals surface area contributed by atoms with Gasteiger partial charge < -0.3 is 10.1 Å². The molecule has 3 heterocycles. The van der Waals surface area contributed by atoms with Crippen LogP contribution in [0.25, 0.3) is 17.2 Å². The molecule has 4 rings (SSSR count). The summed E-state index contributed by atoms with van der Waals surface area (Å²) in [7, 11) is 1.55. The third kappa shape index (κ3) is 4.58. The van der Waals surface area contributed by atoms with Gasteiger partial charge in [-0.05, 0) is 43.7 Å². The summed E-state index contributed by atoms with van der Waals surface area (Å²) in [5.74, 6) is -0.276. The number of methoxy groups -OCH3 is 1. The maximum Gasteiger partial charge on any atom is 0.255 e. The molecular weight excluding hydrogens is 429 g/mol. The van der Waals surface area contributed by atoms with Crippen LogP contribution < -0.4 is 5.32 Å². The van der Waals surface area contributed by atoms with E-state index in [1.165, 1.54) is 32.8 Å². The lowest BCUT2D eigenvalue weighted by Crippen LogP contribution is -2.24. The summed E-state index contributed by atoms with van der Waals surface area (Å²) in [5.41, 5.74) is 3.54. The van der Waals surface area contributed by atoms with Crippen LogP contribution in [0.4, 0.5) is 4.39 Å². The molecule has 0 spiro atoms. The Kier molecular flexibility index (Phi) is 6.38. The fourth-order valence-corrected chi connectivity index (χ4v) is 4.31. The van der Waals surface area contributed by atoms with E-state index in [1.54, 1.807) is 36.8 Å². The van der Waals surface area contributed by atoms with Crippen molar-refractivity contribution in [2.75, 3.05) is 7.11 Å². The van der Waals surface area contributed by atoms with Crippen LogP contribution in [-0.2, 0) is 17.9 Å². The molecule has 0 atom stereocenters. The maximum absolute atomic E-state index is 13.1. The van der Waals surface area contributed by atoms with Gasteiger partial charge in [0.25, 0.3) is 11.9 Å². The summed E-state index contributed by atoms with van der Waals surface area (Å²) in [5, 5.41) is 7.19. The lowest BCUT2D eigenvalue weighted by atomic mass is 10.2. The van der Waals surface area contributed by atoms with Gasteiger partial charge in [-0.1, -0.05) is 12.1 Å². The zero-order valence-corrected chi connectivity index (χ0v) is 18.7. The van der Waals surface area contributed by atoms with Crippen molar-refractivity contribution in [2.45, 2.75) is 27.0 Å². The molecule has 0 fully saturated rings. The number of aromatic nitrogens is 4. The van der Waals surface area contributed by atoms with Crippen molar-refractivity contribution in [3.05, 3.63) is 81.2 Å². The summed E-state index contributed by atoms with van der Waals surface area (Å²) in [4.78, 5) is 24.2. The molecule has 32 heavy (non-hydrogen) atoms. The van der Waals surface area contributed by atoms with E-state index in [9.17, 15) is 9.18 Å². The molecule has 4 aromatic rings. The number of aryl methyl sites for hydroxylation is 2. The number of ether oxygens (including phenoxy) is 1. The number of benzene rings is 1. The predicted octanol–water partition coefficient (Wildman–Crippen LogP) is 4.22. The number of thiophene rings is 1. The van der Waals surface area contributed by atoms with Crippen molar-refractivity contribution in [2.24, 2.45) is 0 Å². The molecule has 0 radical (unpaired) electrons. The molecule has 0 saturated carbocycles. The van der Waals surface area contributed by atoms with Gasteiger partial charge in [-0.3, -0.25) is 4.79 Å². The molecule has 3 aromatic heterocycles. The number of amides is 1. The lowest BCUT2D eigenvalue weighted by molar-refractivity contribution is 0.0945. The van der Waals surface area contributed by atoms with E-state index in [4.69, 9.17) is 4.74 Å². The van der Waals surface area contributed by atoms with Crippen molar-refractivity contribution in [1.82, 2.24) is 25.1 Å². The monoisotopic (exact) mass is 451 g/mol. The van der Waals surface area contributed by atoms with E-state index < -0.39 is 0 Å². The zero-order valence-electron chi connectivity index (χ0n) is 17.9. The van der Waals surface area contributed by atoms with Crippen LogP contribution in [0.15, 0.2) is 48.8 Å². The standard InChI is InChI=1S/C23H22FN5O2S/c1-14-10-18(15(2)32-14)20-8-9-25-23(28-20)29-21(13-31-3)19(12-27-29)22(30)26-11-16-4-6-17(24)7-5-16/h4-10,12H,11,13H2,1-3H3,(H,26,30). The van der Waals surface area contributed by atoms with Crippen LogP contribution in [-0.4, -0.2) is 32.8 Å². The van der Waals surface area contributed by atoms with Gasteiger partial charge in [-0.15, -0.1) is 11.3 Å². The first-order valence-electron chi connectivity index (χ1n) is 9.95. The Morgan fingerprint density at radius 3 is 2.69 bits per heavy atom. The van der Waals surface area contributed by atoms with E-state index in [0.717, 1.165) is 16.8 Å². The molecule has 0 bridgehead atoms. The van der Waals surface area contributed by atoms with E-state index in [1.807, 2.05) is 6.07 Å². The minimum Gasteiger partial charge on any atom is -0.378 e. The van der Waals surface area contributed by atoms with Gasteiger partial charge in [-0.25, -0.2) is 14.4 Å². The van der Waals surface area contributed by atoms with Crippen LogP contribution in [0, 0.1) is 19.7 Å². The second-order valence-corrected chi connectivity index (χ2v) is 8.69. The first-order chi connectivity index (χ1) is 15.5. The van der Waals surface area contributed by atoms with Crippen molar-refractivity contribution in [3.63, 3.8) is 0 Å². The van der Waals surface area contributed by atoms with Crippen LogP contribution in [0.5, 0.6) is 0 Å². The number of halogens is 1. The smallest absolute Gasteiger partial charge is 0.255 e. The molecule has 0 aliphatic heterocycles. The first-order valence-corrected chi connectivity index (χ1v) is 10.8. The average molecular weight is 452 g/mol. The van der Waals surface area contributed by atoms with Crippen LogP contribution in [0.2, 0.25) is 0 Å². The van der Waals surface area contributed by atoms with Gasteiger partial charge >= 0.3 is 0 Å². The van der Waals surface area contributed by atoms with Gasteiger partial charge in [-0.2, -0.15) is 9.78 Å². The maximum atomic E-state index is 13.1. The SMILES string of the molecule is COCc1c(C(=O)NCc2ccc(F)cc2)cnn1-c1nccc(-c2cc(C)sc2C)n1. The normalized spacial score (nSPS) is 11.0. The molecule has 0 unspecified atom stereocenters. The largest absolute Gasteiger partial charge is 0.378 e. The molecule has 1 aromatic carbocycles. The number of hydrogen-bond acceptors (Lipinski definition) is 6. The highest BCUT2D eigenvalue weighted by Crippen LogP contribution is 2.29. The zero-order chi connectivity index (χ0) is 22.7. The summed E-state index contributed by atoms with van der Waals surface area (Å²) < 4.78 is 19.9. The Bertz CT molecular complexity index is 1250. The van der Waals surface area contributed by atoms with Crippen LogP contribution in [0.3, 0.4) is 0 Å². The number of carbonyl (C=O) groups is 1. The molecule has 0 aliphatic rings. The molecule has 1 N–H and O–H groups in total. The molecule has 0 aliphatic carbocycles. The van der Waals surface area contributed by atoms with Gasteiger partial charge in [0, 0.05) is 35.2 Å². The highest BCUT2D eigenvalue weighted by Gasteiger charge is 2.20. The summed E-state index contributed by atoms with van der Waals surface area (Å²) >= 11 is 1.71. The number of carbonyl (C=O) groups excluding carboxylic acids is 1. The number of rotatable bonds is 7. The van der Waals surface area contributed by atoms with Gasteiger partial charge in [0.1, 0.15) is 5.82 Å². The Balaban J connectivity index is 1.62. The fourth-order valence-electron chi connectivity index (χ4n) is 3.38. The minimum atomic E-state index is -0.321. The van der Waals surface area contributed by atoms with Gasteiger partial charge in [0.2, 0.25) is 0 Å². The van der Waals surface area contributed by atoms with E-state index >= 15 is 0 Å². The Hall–Kier alpha value is -3.43. The summed E-state index contributed by atoms with van der Waals surface area (Å²) in [6, 6.07) is 9.92. The Morgan fingerprint density at radius 1 is 1.22 bits per heavy atom. The van der Waals surface area contributed by atoms with Gasteiger partial charge in [0.05, 0.1) is 29.8 Å². The van der Waals surface area contributed by atoms with E-state index in [-0.39, 0.29) is 24.9 Å². The molecule has 0 saturated heterocycles. The molecule has 164 valence electrons. The first kappa shape index (κ1) is 21.8. The van der Waals surface area contributed by atoms with Crippen molar-refractivity contribution >= 4 is 17.2 Å². The van der Waals surface area contributed by atoms with Crippen molar-refractivity contribution < 1.29 is 13.9 Å². The van der Waals surface area contributed by atoms with Crippen molar-refractivity contribution in [3.8, 4) is 17.2 Å². The predicted molar refractivity (Wildman–Crippen MR) is 120 cm³/mol. The Morgan fingerprint density at radius 2 is 2.00 bits per heavy atom. The Labute approximate surface area is 188 Å². The summed E-state index contributed by atoms with van der Waals surface area (Å²) in [6.07, 6.45) is 3.15. The van der Waals surface area contributed by atoms with E-state index in [0.29, 0.717) is 17.2 Å². The number of nitrogens with one attached hydrogen (secondary N) is 1. The molecule has 1 amide bonds. The van der Waals surface area contributed by atoms with E-state index in [2.05, 4.69) is 40.3 Å². The van der Waals surface area contributed by atoms with Crippen LogP contribution in [0.1, 0.15) is 31.4 Å². The van der Waals surface area contributed by atoms with Gasteiger partial charge in [0.15, 0.2) is 0 Å². The quantitative estimate of drug-likeness (QED) is 0.455. The number of hydrogen-bond donors (Lipinski definition) is 1. The lowest BCUT2D eigenvalue weighted by Gasteiger charge is -2.09. The third-order valence-electron chi connectivity index (χ3n) is 4.91. The third-order valence-corrected chi connectivity index (χ3v) is 5.88. The molecule has 9 heteroatoms. The number of nitrogens with zero attached hydrogens (tertiary/aromatic N) is 4. The van der Waals surface area contributed by atoms with Crippen molar-refractivity contribution in [1.29, 1.82) is 0 Å². The topological polar surface area (TPSA) is 81.9 Å². The van der Waals surface area contributed by atoms with Crippen LogP contribution >= 0.6 is 11.3 Å². The second kappa shape index (κ2) is 9.37. The second-order valence-electron chi connectivity index (χ2n) is 7.23. The summed E-state index contributed by atoms with van der Waals surface area (Å²) in [6.45, 7) is 4.54. The molecular formula is C23H22FN5O2S.